The van der Waals surface area contributed by atoms with E-state index in [0.717, 1.165) is 14.1 Å². The summed E-state index contributed by atoms with van der Waals surface area (Å²) >= 11 is 0. The van der Waals surface area contributed by atoms with Crippen LogP contribution in [0.3, 0.4) is 0 Å². The van der Waals surface area contributed by atoms with Gasteiger partial charge in [0.1, 0.15) is 0 Å². The van der Waals surface area contributed by atoms with Gasteiger partial charge in [0.25, 0.3) is 8.87 Å². The lowest BCUT2D eigenvalue weighted by Gasteiger charge is -2.10. The second-order valence-electron chi connectivity index (χ2n) is 2.29. The molecule has 0 rings (SSSR count). The van der Waals surface area contributed by atoms with Gasteiger partial charge in [-0.1, -0.05) is 0 Å². The summed E-state index contributed by atoms with van der Waals surface area (Å²) in [5, 5.41) is 0. The summed E-state index contributed by atoms with van der Waals surface area (Å²) in [7, 11) is -6.04. The summed E-state index contributed by atoms with van der Waals surface area (Å²) in [5.74, 6) is -0.548. The minimum Gasteiger partial charge on any atom is -0.329 e. The number of nitrogens with zero attached hydrogens (tertiary/aromatic N) is 1. The Balaban J connectivity index is 5.07. The lowest BCUT2D eigenvalue weighted by Crippen LogP contribution is -2.33. The van der Waals surface area contributed by atoms with Gasteiger partial charge in [-0.05, 0) is 0 Å². The molecule has 74 valence electrons. The SMILES string of the molecule is CN(C)S(=O)(=O)S(=O)(=O)CCN. The van der Waals surface area contributed by atoms with Gasteiger partial charge in [-0.15, -0.1) is 0 Å². The fourth-order valence-electron chi connectivity index (χ4n) is 0.477. The van der Waals surface area contributed by atoms with Crippen LogP contribution in [-0.2, 0) is 17.9 Å². The highest BCUT2D eigenvalue weighted by Crippen LogP contribution is 2.05. The van der Waals surface area contributed by atoms with E-state index in [2.05, 4.69) is 0 Å². The minimum absolute atomic E-state index is 0.199. The van der Waals surface area contributed by atoms with E-state index in [-0.39, 0.29) is 6.54 Å². The van der Waals surface area contributed by atoms with Crippen LogP contribution in [0.4, 0.5) is 0 Å². The Labute approximate surface area is 71.7 Å². The molecule has 0 atom stereocenters. The van der Waals surface area contributed by atoms with Crippen LogP contribution in [0, 0.1) is 0 Å². The van der Waals surface area contributed by atoms with Gasteiger partial charge in [0.15, 0.2) is 0 Å². The molecule has 2 N–H and O–H groups in total. The molecule has 12 heavy (non-hydrogen) atoms. The molecule has 0 aromatic heterocycles. The predicted octanol–water partition coefficient (Wildman–Crippen LogP) is -1.83. The zero-order chi connectivity index (χ0) is 9.99. The van der Waals surface area contributed by atoms with Crippen LogP contribution in [0.5, 0.6) is 0 Å². The van der Waals surface area contributed by atoms with Gasteiger partial charge in [-0.2, -0.15) is 12.7 Å². The molecule has 0 aromatic carbocycles. The molecule has 0 saturated carbocycles. The Hall–Kier alpha value is -0.180. The highest BCUT2D eigenvalue weighted by molar-refractivity contribution is 8.66. The predicted molar refractivity (Wildman–Crippen MR) is 45.4 cm³/mol. The standard InChI is InChI=1S/C4H12N2O4S2/c1-6(2)12(9,10)11(7,8)4-3-5/h3-5H2,1-2H3. The Bertz CT molecular complexity index is 328. The molecule has 0 aliphatic rings. The van der Waals surface area contributed by atoms with Gasteiger partial charge in [-0.25, -0.2) is 8.42 Å². The number of hydrogen-bond donors (Lipinski definition) is 1. The van der Waals surface area contributed by atoms with Gasteiger partial charge >= 0.3 is 9.06 Å². The molecule has 0 bridgehead atoms. The number of nitrogens with two attached hydrogens (primary N) is 1. The van der Waals surface area contributed by atoms with Crippen molar-refractivity contribution in [1.82, 2.24) is 4.31 Å². The van der Waals surface area contributed by atoms with Gasteiger partial charge in [-0.3, -0.25) is 0 Å². The van der Waals surface area contributed by atoms with Crippen molar-refractivity contribution in [3.05, 3.63) is 0 Å². The summed E-state index contributed by atoms with van der Waals surface area (Å²) in [6, 6.07) is 0. The van der Waals surface area contributed by atoms with Crippen molar-refractivity contribution in [3.63, 3.8) is 0 Å². The summed E-state index contributed by atoms with van der Waals surface area (Å²) in [5.41, 5.74) is 4.95. The third-order valence-electron chi connectivity index (χ3n) is 1.14. The topological polar surface area (TPSA) is 97.5 Å². The van der Waals surface area contributed by atoms with E-state index in [1.54, 1.807) is 0 Å². The number of hydrogen-bond acceptors (Lipinski definition) is 5. The largest absolute Gasteiger partial charge is 0.329 e. The number of rotatable bonds is 4. The van der Waals surface area contributed by atoms with E-state index in [9.17, 15) is 16.8 Å². The van der Waals surface area contributed by atoms with Crippen LogP contribution in [0.15, 0.2) is 0 Å². The Morgan fingerprint density at radius 2 is 1.58 bits per heavy atom. The van der Waals surface area contributed by atoms with E-state index < -0.39 is 23.7 Å². The third-order valence-corrected chi connectivity index (χ3v) is 6.73. The van der Waals surface area contributed by atoms with Crippen LogP contribution in [0.1, 0.15) is 0 Å². The second kappa shape index (κ2) is 3.69. The Morgan fingerprint density at radius 1 is 1.17 bits per heavy atom. The van der Waals surface area contributed by atoms with Crippen LogP contribution < -0.4 is 5.73 Å². The van der Waals surface area contributed by atoms with Crippen molar-refractivity contribution in [3.8, 4) is 0 Å². The second-order valence-corrected chi connectivity index (χ2v) is 8.19. The molecule has 0 aromatic rings. The molecule has 6 nitrogen and oxygen atoms in total. The van der Waals surface area contributed by atoms with E-state index in [1.807, 2.05) is 0 Å². The van der Waals surface area contributed by atoms with Crippen LogP contribution in [-0.4, -0.2) is 47.5 Å². The molecule has 0 heterocycles. The summed E-state index contributed by atoms with van der Waals surface area (Å²) in [4.78, 5) is 0. The van der Waals surface area contributed by atoms with Gasteiger partial charge in [0.2, 0.25) is 0 Å². The summed E-state index contributed by atoms with van der Waals surface area (Å²) in [6.07, 6.45) is 0. The van der Waals surface area contributed by atoms with Gasteiger partial charge in [0, 0.05) is 20.6 Å². The Morgan fingerprint density at radius 3 is 1.83 bits per heavy atom. The van der Waals surface area contributed by atoms with Crippen molar-refractivity contribution in [1.29, 1.82) is 0 Å². The van der Waals surface area contributed by atoms with Crippen LogP contribution in [0.2, 0.25) is 0 Å². The van der Waals surface area contributed by atoms with E-state index in [1.165, 1.54) is 0 Å². The van der Waals surface area contributed by atoms with Crippen molar-refractivity contribution in [2.45, 2.75) is 0 Å². The first-order valence-corrected chi connectivity index (χ1v) is 6.72. The monoisotopic (exact) mass is 216 g/mol. The van der Waals surface area contributed by atoms with Crippen LogP contribution >= 0.6 is 0 Å². The fraction of sp³-hybridized carbons (Fsp3) is 1.00. The quantitative estimate of drug-likeness (QED) is 0.557. The average molecular weight is 216 g/mol. The molecular weight excluding hydrogens is 204 g/mol. The highest BCUT2D eigenvalue weighted by atomic mass is 33.2. The van der Waals surface area contributed by atoms with E-state index >= 15 is 0 Å². The molecule has 0 saturated heterocycles. The van der Waals surface area contributed by atoms with E-state index in [0.29, 0.717) is 4.31 Å². The molecule has 0 aliphatic heterocycles. The summed E-state index contributed by atoms with van der Waals surface area (Å²) in [6.45, 7) is -0.199. The van der Waals surface area contributed by atoms with Crippen molar-refractivity contribution in [2.75, 3.05) is 26.4 Å². The zero-order valence-electron chi connectivity index (χ0n) is 6.89. The molecule has 8 heteroatoms. The average Bonchev–Trinajstić information content (AvgIpc) is 1.86. The maximum atomic E-state index is 11.0. The van der Waals surface area contributed by atoms with E-state index in [4.69, 9.17) is 5.73 Å². The van der Waals surface area contributed by atoms with Gasteiger partial charge in [0.05, 0.1) is 5.75 Å². The first kappa shape index (κ1) is 11.8. The molecule has 0 aliphatic carbocycles. The first-order valence-electron chi connectivity index (χ1n) is 3.11. The lowest BCUT2D eigenvalue weighted by atomic mass is 10.8. The van der Waals surface area contributed by atoms with Crippen LogP contribution in [0.25, 0.3) is 0 Å². The smallest absolute Gasteiger partial charge is 0.319 e. The minimum atomic E-state index is -4.21. The summed E-state index contributed by atoms with van der Waals surface area (Å²) < 4.78 is 44.7. The first-order chi connectivity index (χ1) is 5.25. The molecular formula is C4H12N2O4S2. The maximum Gasteiger partial charge on any atom is 0.319 e. The highest BCUT2D eigenvalue weighted by Gasteiger charge is 2.30. The maximum absolute atomic E-state index is 11.0. The van der Waals surface area contributed by atoms with Crippen molar-refractivity contribution >= 4 is 17.9 Å². The van der Waals surface area contributed by atoms with Crippen molar-refractivity contribution in [2.24, 2.45) is 5.73 Å². The Kier molecular flexibility index (Phi) is 3.63. The third kappa shape index (κ3) is 2.16. The van der Waals surface area contributed by atoms with Crippen molar-refractivity contribution < 1.29 is 16.8 Å². The fourth-order valence-corrected chi connectivity index (χ4v) is 3.71. The lowest BCUT2D eigenvalue weighted by molar-refractivity contribution is 0.526. The molecule has 0 unspecified atom stereocenters. The molecule has 0 spiro atoms. The molecule has 0 amide bonds. The normalized spacial score (nSPS) is 13.7. The van der Waals surface area contributed by atoms with Gasteiger partial charge < -0.3 is 5.73 Å². The molecule has 0 radical (unpaired) electrons. The molecule has 0 fully saturated rings. The zero-order valence-corrected chi connectivity index (χ0v) is 8.52.